The third-order valence-corrected chi connectivity index (χ3v) is 6.61. The summed E-state index contributed by atoms with van der Waals surface area (Å²) in [6.45, 7) is 0.770. The maximum Gasteiger partial charge on any atom is 0.305 e. The number of nitrogens with zero attached hydrogens (tertiary/aromatic N) is 3. The Hall–Kier alpha value is -3.63. The zero-order chi connectivity index (χ0) is 27.8. The van der Waals surface area contributed by atoms with Crippen molar-refractivity contribution in [2.45, 2.75) is 18.2 Å². The van der Waals surface area contributed by atoms with E-state index in [9.17, 15) is 38.2 Å². The molecule has 2 N–H and O–H groups in total. The number of hydrogen-bond donors (Lipinski definition) is 2. The molecule has 0 aliphatic rings. The number of hydrogen-bond acceptors (Lipinski definition) is 10. The van der Waals surface area contributed by atoms with Gasteiger partial charge in [-0.05, 0) is 19.1 Å². The van der Waals surface area contributed by atoms with Gasteiger partial charge in [-0.1, -0.05) is 33.6 Å². The number of amides is 1. The molecule has 2 aromatic rings. The van der Waals surface area contributed by atoms with E-state index in [1.807, 2.05) is 0 Å². The van der Waals surface area contributed by atoms with Gasteiger partial charge in [-0.2, -0.15) is 8.42 Å². The van der Waals surface area contributed by atoms with Crippen molar-refractivity contribution in [3.63, 3.8) is 0 Å². The molecule has 14 nitrogen and oxygen atoms in total. The predicted molar refractivity (Wildman–Crippen MR) is 135 cm³/mol. The van der Waals surface area contributed by atoms with Crippen LogP contribution in [-0.2, 0) is 19.1 Å². The Morgan fingerprint density at radius 3 is 2.30 bits per heavy atom. The van der Waals surface area contributed by atoms with E-state index in [4.69, 9.17) is 9.29 Å². The number of halogens is 1. The number of carboxylic acids is 1. The lowest BCUT2D eigenvalue weighted by Crippen LogP contribution is -2.34. The van der Waals surface area contributed by atoms with E-state index in [0.717, 1.165) is 11.6 Å². The normalized spacial score (nSPS) is 11.1. The molecule has 16 heteroatoms. The van der Waals surface area contributed by atoms with Crippen LogP contribution in [0, 0.1) is 27.2 Å². The number of aliphatic carboxylic acids is 1. The van der Waals surface area contributed by atoms with Crippen LogP contribution in [0.2, 0.25) is 0 Å². The number of nitro groups is 2. The smallest absolute Gasteiger partial charge is 0.305 e. The molecule has 37 heavy (non-hydrogen) atoms. The number of carbonyl (C=O) groups excluding carboxylic acids is 1. The minimum atomic E-state index is -4.16. The van der Waals surface area contributed by atoms with Gasteiger partial charge < -0.3 is 15.3 Å². The van der Waals surface area contributed by atoms with Crippen molar-refractivity contribution in [3.8, 4) is 0 Å². The van der Waals surface area contributed by atoms with E-state index in [0.29, 0.717) is 6.07 Å². The zero-order valence-electron chi connectivity index (χ0n) is 19.5. The van der Waals surface area contributed by atoms with Crippen molar-refractivity contribution in [2.24, 2.45) is 0 Å². The summed E-state index contributed by atoms with van der Waals surface area (Å²) in [5, 5.41) is 34.5. The number of nitrogens with one attached hydrogen (secondary N) is 1. The number of anilines is 1. The monoisotopic (exact) mass is 602 g/mol. The van der Waals surface area contributed by atoms with E-state index in [-0.39, 0.29) is 35.5 Å². The molecule has 0 aliphatic carbocycles. The van der Waals surface area contributed by atoms with E-state index in [1.54, 1.807) is 19.1 Å². The van der Waals surface area contributed by atoms with Crippen LogP contribution in [0.4, 0.5) is 17.1 Å². The lowest BCUT2D eigenvalue weighted by atomic mass is 10.1. The number of carboxylic acid groups (broad SMARTS) is 1. The molecule has 0 heterocycles. The van der Waals surface area contributed by atoms with Gasteiger partial charge in [0.05, 0.1) is 39.4 Å². The molecule has 200 valence electrons. The fourth-order valence-corrected chi connectivity index (χ4v) is 4.53. The molecule has 0 spiro atoms. The third kappa shape index (κ3) is 8.19. The van der Waals surface area contributed by atoms with Gasteiger partial charge in [0.15, 0.2) is 0 Å². The van der Waals surface area contributed by atoms with Crippen molar-refractivity contribution >= 4 is 55.0 Å². The van der Waals surface area contributed by atoms with Crippen molar-refractivity contribution in [1.29, 1.82) is 0 Å². The minimum Gasteiger partial charge on any atom is -0.481 e. The molecule has 0 unspecified atom stereocenters. The summed E-state index contributed by atoms with van der Waals surface area (Å²) in [5.41, 5.74) is -1.41. The lowest BCUT2D eigenvalue weighted by molar-refractivity contribution is -0.393. The van der Waals surface area contributed by atoms with Crippen LogP contribution in [0.5, 0.6) is 0 Å². The predicted octanol–water partition coefficient (Wildman–Crippen LogP) is 2.62. The number of rotatable bonds is 14. The van der Waals surface area contributed by atoms with Crippen LogP contribution >= 0.6 is 15.9 Å². The Bertz CT molecular complexity index is 1280. The quantitative estimate of drug-likeness (QED) is 0.139. The second-order valence-corrected chi connectivity index (χ2v) is 9.95. The molecular formula is C21H23BrN4O10S. The fraction of sp³-hybridized carbons (Fsp3) is 0.333. The van der Waals surface area contributed by atoms with Gasteiger partial charge in [0, 0.05) is 31.0 Å². The largest absolute Gasteiger partial charge is 0.481 e. The van der Waals surface area contributed by atoms with Gasteiger partial charge in [0.1, 0.15) is 5.69 Å². The molecule has 2 aromatic carbocycles. The number of alkyl halides is 1. The summed E-state index contributed by atoms with van der Waals surface area (Å²) in [5.74, 6) is -2.19. The Balaban J connectivity index is 2.44. The van der Waals surface area contributed by atoms with Crippen molar-refractivity contribution in [3.05, 3.63) is 67.8 Å². The maximum absolute atomic E-state index is 12.8. The average Bonchev–Trinajstić information content (AvgIpc) is 2.82. The highest BCUT2D eigenvalue weighted by molar-refractivity contribution is 9.09. The number of non-ortho nitro benzene ring substituents is 1. The second kappa shape index (κ2) is 13.1. The first kappa shape index (κ1) is 29.6. The van der Waals surface area contributed by atoms with Crippen LogP contribution in [0.3, 0.4) is 0 Å². The highest BCUT2D eigenvalue weighted by Gasteiger charge is 2.31. The van der Waals surface area contributed by atoms with Gasteiger partial charge in [-0.15, -0.1) is 0 Å². The molecule has 0 radical (unpaired) electrons. The molecule has 0 saturated heterocycles. The van der Waals surface area contributed by atoms with Crippen molar-refractivity contribution in [1.82, 2.24) is 5.32 Å². The lowest BCUT2D eigenvalue weighted by Gasteiger charge is -2.25. The molecule has 0 atom stereocenters. The maximum atomic E-state index is 12.8. The van der Waals surface area contributed by atoms with Gasteiger partial charge in [0.25, 0.3) is 27.4 Å². The molecule has 0 aliphatic heterocycles. The van der Waals surface area contributed by atoms with Crippen LogP contribution in [0.25, 0.3) is 0 Å². The zero-order valence-corrected chi connectivity index (χ0v) is 21.9. The SMILES string of the molecule is Cc1ccc(S(=O)(=O)OCCN(CCBr)c2c(C(=O)NCCC(=O)O)cc([N+](=O)[O-])cc2[N+](=O)[O-])cc1. The summed E-state index contributed by atoms with van der Waals surface area (Å²) >= 11 is 3.20. The molecular weight excluding hydrogens is 580 g/mol. The first-order valence-electron chi connectivity index (χ1n) is 10.6. The molecule has 0 saturated carbocycles. The number of benzene rings is 2. The topological polar surface area (TPSA) is 199 Å². The Morgan fingerprint density at radius 1 is 1.11 bits per heavy atom. The van der Waals surface area contributed by atoms with Crippen molar-refractivity contribution < 1.29 is 37.1 Å². The number of carbonyl (C=O) groups is 2. The standard InChI is InChI=1S/C21H23BrN4O10S/c1-14-2-4-16(5-3-14)37(34,35)36-11-10-24(9-7-22)20-17(21(29)23-8-6-19(27)28)12-15(25(30)31)13-18(20)26(32)33/h2-5,12-13H,6-11H2,1H3,(H,23,29)(H,27,28). The van der Waals surface area contributed by atoms with E-state index < -0.39 is 61.8 Å². The highest BCUT2D eigenvalue weighted by Crippen LogP contribution is 2.36. The molecule has 0 bridgehead atoms. The van der Waals surface area contributed by atoms with Gasteiger partial charge in [-0.3, -0.25) is 34.0 Å². The van der Waals surface area contributed by atoms with Crippen LogP contribution in [0.1, 0.15) is 22.3 Å². The average molecular weight is 603 g/mol. The van der Waals surface area contributed by atoms with Crippen LogP contribution in [-0.4, -0.2) is 66.8 Å². The van der Waals surface area contributed by atoms with E-state index >= 15 is 0 Å². The first-order chi connectivity index (χ1) is 17.4. The third-order valence-electron chi connectivity index (χ3n) is 4.93. The van der Waals surface area contributed by atoms with Crippen molar-refractivity contribution in [2.75, 3.05) is 36.5 Å². The Labute approximate surface area is 219 Å². The number of aryl methyl sites for hydroxylation is 1. The summed E-state index contributed by atoms with van der Waals surface area (Å²) in [7, 11) is -4.16. The fourth-order valence-electron chi connectivity index (χ4n) is 3.20. The minimum absolute atomic E-state index is 0.0298. The Morgan fingerprint density at radius 2 is 1.76 bits per heavy atom. The second-order valence-electron chi connectivity index (χ2n) is 7.54. The van der Waals surface area contributed by atoms with E-state index in [1.165, 1.54) is 17.0 Å². The van der Waals surface area contributed by atoms with E-state index in [2.05, 4.69) is 21.2 Å². The summed E-state index contributed by atoms with van der Waals surface area (Å²) in [6, 6.07) is 7.42. The van der Waals surface area contributed by atoms with Crippen LogP contribution < -0.4 is 10.2 Å². The molecule has 1 amide bonds. The van der Waals surface area contributed by atoms with Gasteiger partial charge in [0.2, 0.25) is 0 Å². The summed E-state index contributed by atoms with van der Waals surface area (Å²) in [4.78, 5) is 46.2. The molecule has 0 aromatic heterocycles. The summed E-state index contributed by atoms with van der Waals surface area (Å²) in [6.07, 6.45) is -0.450. The highest BCUT2D eigenvalue weighted by atomic mass is 79.9. The van der Waals surface area contributed by atoms with Gasteiger partial charge >= 0.3 is 5.97 Å². The first-order valence-corrected chi connectivity index (χ1v) is 13.1. The molecule has 2 rings (SSSR count). The Kier molecular flexibility index (Phi) is 10.5. The van der Waals surface area contributed by atoms with Crippen LogP contribution in [0.15, 0.2) is 41.3 Å². The number of nitro benzene ring substituents is 2. The molecule has 0 fully saturated rings. The van der Waals surface area contributed by atoms with Gasteiger partial charge in [-0.25, -0.2) is 0 Å². The summed E-state index contributed by atoms with van der Waals surface area (Å²) < 4.78 is 30.1.